The Morgan fingerprint density at radius 2 is 2.00 bits per heavy atom. The Morgan fingerprint density at radius 3 is 2.76 bits per heavy atom. The van der Waals surface area contributed by atoms with Crippen LogP contribution in [0.15, 0.2) is 18.2 Å². The lowest BCUT2D eigenvalue weighted by molar-refractivity contribution is -0.151. The van der Waals surface area contributed by atoms with Crippen LogP contribution in [0.5, 0.6) is 5.75 Å². The van der Waals surface area contributed by atoms with E-state index < -0.39 is 5.60 Å². The van der Waals surface area contributed by atoms with Gasteiger partial charge in [0, 0.05) is 23.9 Å². The van der Waals surface area contributed by atoms with E-state index >= 15 is 0 Å². The molecule has 3 nitrogen and oxygen atoms in total. The zero-order chi connectivity index (χ0) is 16.9. The summed E-state index contributed by atoms with van der Waals surface area (Å²) in [6.07, 6.45) is 9.94. The van der Waals surface area contributed by atoms with Crippen molar-refractivity contribution in [3.8, 4) is 5.75 Å². The van der Waals surface area contributed by atoms with E-state index in [2.05, 4.69) is 23.1 Å². The van der Waals surface area contributed by atoms with Gasteiger partial charge in [-0.15, -0.1) is 0 Å². The molecule has 1 aliphatic heterocycles. The second-order valence-corrected chi connectivity index (χ2v) is 9.59. The third kappa shape index (κ3) is 1.54. The number of methoxy groups -OCH3 is 1. The number of nitrogens with zero attached hydrogens (tertiary/aromatic N) is 1. The Morgan fingerprint density at radius 1 is 1.16 bits per heavy atom. The van der Waals surface area contributed by atoms with Crippen molar-refractivity contribution in [2.45, 2.75) is 73.8 Å². The standard InChI is InChI=1S/C22H29NO2/c1-25-16-7-8-17-18(11-16)21-9-2-3-10-22(21,24)19-20(17,13-21)14-23(19)12-15-5-4-6-15/h7-8,11,15,19,24H,2-6,9-10,12-14H2,1H3. The Hall–Kier alpha value is -1.06. The minimum absolute atomic E-state index is 0.0197. The molecular formula is C22H29NO2. The molecule has 5 aliphatic rings. The summed E-state index contributed by atoms with van der Waals surface area (Å²) in [5.74, 6) is 1.84. The van der Waals surface area contributed by atoms with Crippen molar-refractivity contribution in [2.24, 2.45) is 5.92 Å². The van der Waals surface area contributed by atoms with E-state index in [1.807, 2.05) is 0 Å². The third-order valence-electron chi connectivity index (χ3n) is 8.68. The molecule has 1 N–H and O–H groups in total. The molecule has 25 heavy (non-hydrogen) atoms. The van der Waals surface area contributed by atoms with Crippen LogP contribution in [0.3, 0.4) is 0 Å². The minimum Gasteiger partial charge on any atom is -0.497 e. The largest absolute Gasteiger partial charge is 0.497 e. The average molecular weight is 339 g/mol. The Labute approximate surface area is 150 Å². The van der Waals surface area contributed by atoms with E-state index in [1.165, 1.54) is 56.2 Å². The molecule has 0 amide bonds. The van der Waals surface area contributed by atoms with E-state index in [9.17, 15) is 5.11 Å². The first-order valence-corrected chi connectivity index (χ1v) is 10.3. The topological polar surface area (TPSA) is 32.7 Å². The first-order valence-electron chi connectivity index (χ1n) is 10.3. The molecule has 3 heteroatoms. The van der Waals surface area contributed by atoms with Gasteiger partial charge in [0.25, 0.3) is 0 Å². The SMILES string of the molecule is COc1ccc2c(c1)C13CCCCC1(O)C1N(CC4CCC4)CC21C3. The molecule has 4 aliphatic carbocycles. The molecule has 1 aromatic carbocycles. The van der Waals surface area contributed by atoms with Gasteiger partial charge in [0.15, 0.2) is 0 Å². The quantitative estimate of drug-likeness (QED) is 0.916. The van der Waals surface area contributed by atoms with Gasteiger partial charge in [-0.3, -0.25) is 4.90 Å². The lowest BCUT2D eigenvalue weighted by Gasteiger charge is -2.63. The number of hydrogen-bond acceptors (Lipinski definition) is 3. The predicted molar refractivity (Wildman–Crippen MR) is 97.1 cm³/mol. The highest BCUT2D eigenvalue weighted by molar-refractivity contribution is 5.61. The van der Waals surface area contributed by atoms with Gasteiger partial charge in [0.1, 0.15) is 5.75 Å². The van der Waals surface area contributed by atoms with Crippen LogP contribution in [0.25, 0.3) is 0 Å². The molecule has 3 saturated carbocycles. The summed E-state index contributed by atoms with van der Waals surface area (Å²) in [6.45, 7) is 2.38. The second-order valence-electron chi connectivity index (χ2n) is 9.59. The van der Waals surface area contributed by atoms with Crippen molar-refractivity contribution in [3.63, 3.8) is 0 Å². The van der Waals surface area contributed by atoms with E-state index in [0.717, 1.165) is 31.1 Å². The van der Waals surface area contributed by atoms with Crippen molar-refractivity contribution in [1.29, 1.82) is 0 Å². The second kappa shape index (κ2) is 4.61. The smallest absolute Gasteiger partial charge is 0.119 e. The van der Waals surface area contributed by atoms with Gasteiger partial charge in [-0.1, -0.05) is 25.3 Å². The van der Waals surface area contributed by atoms with Crippen molar-refractivity contribution >= 4 is 0 Å². The normalized spacial score (nSPS) is 44.5. The molecule has 0 aromatic heterocycles. The van der Waals surface area contributed by atoms with Crippen molar-refractivity contribution in [1.82, 2.24) is 4.90 Å². The summed E-state index contributed by atoms with van der Waals surface area (Å²) < 4.78 is 5.54. The Bertz CT molecular complexity index is 744. The summed E-state index contributed by atoms with van der Waals surface area (Å²) in [7, 11) is 1.75. The number of hydrogen-bond donors (Lipinski definition) is 1. The molecule has 4 unspecified atom stereocenters. The van der Waals surface area contributed by atoms with Crippen molar-refractivity contribution in [3.05, 3.63) is 29.3 Å². The first kappa shape index (κ1) is 15.0. The number of likely N-dealkylation sites (tertiary alicyclic amines) is 1. The summed E-state index contributed by atoms with van der Waals surface area (Å²) in [4.78, 5) is 2.67. The fourth-order valence-electron chi connectivity index (χ4n) is 7.59. The van der Waals surface area contributed by atoms with Crippen LogP contribution in [0, 0.1) is 5.92 Å². The number of rotatable bonds is 3. The monoisotopic (exact) mass is 339 g/mol. The minimum atomic E-state index is -0.521. The fraction of sp³-hybridized carbons (Fsp3) is 0.727. The number of ether oxygens (including phenoxy) is 1. The van der Waals surface area contributed by atoms with Crippen LogP contribution >= 0.6 is 0 Å². The van der Waals surface area contributed by atoms with E-state index in [1.54, 1.807) is 7.11 Å². The van der Waals surface area contributed by atoms with E-state index in [0.29, 0.717) is 6.04 Å². The van der Waals surface area contributed by atoms with Crippen LogP contribution in [0.4, 0.5) is 0 Å². The molecule has 1 heterocycles. The number of benzene rings is 1. The molecule has 2 bridgehead atoms. The lowest BCUT2D eigenvalue weighted by atomic mass is 9.55. The Kier molecular flexibility index (Phi) is 2.77. The van der Waals surface area contributed by atoms with Gasteiger partial charge in [-0.2, -0.15) is 0 Å². The average Bonchev–Trinajstić information content (AvgIpc) is 2.94. The lowest BCUT2D eigenvalue weighted by Crippen LogP contribution is -2.75. The summed E-state index contributed by atoms with van der Waals surface area (Å²) in [5.41, 5.74) is 2.63. The fourth-order valence-corrected chi connectivity index (χ4v) is 7.59. The van der Waals surface area contributed by atoms with Crippen LogP contribution in [0.1, 0.15) is 62.5 Å². The van der Waals surface area contributed by atoms with E-state index in [-0.39, 0.29) is 10.8 Å². The molecule has 134 valence electrons. The van der Waals surface area contributed by atoms with Crippen LogP contribution in [-0.4, -0.2) is 41.8 Å². The highest BCUT2D eigenvalue weighted by Crippen LogP contribution is 2.74. The maximum absolute atomic E-state index is 12.1. The molecule has 1 saturated heterocycles. The van der Waals surface area contributed by atoms with Crippen LogP contribution in [0.2, 0.25) is 0 Å². The molecule has 1 aromatic rings. The zero-order valence-electron chi connectivity index (χ0n) is 15.3. The van der Waals surface area contributed by atoms with Gasteiger partial charge >= 0.3 is 0 Å². The summed E-state index contributed by atoms with van der Waals surface area (Å²) in [6, 6.07) is 7.08. The molecule has 4 fully saturated rings. The molecular weight excluding hydrogens is 310 g/mol. The maximum Gasteiger partial charge on any atom is 0.119 e. The van der Waals surface area contributed by atoms with E-state index in [4.69, 9.17) is 4.74 Å². The van der Waals surface area contributed by atoms with Crippen LogP contribution in [-0.2, 0) is 10.8 Å². The molecule has 2 spiro atoms. The molecule has 4 atom stereocenters. The highest BCUT2D eigenvalue weighted by Gasteiger charge is 2.80. The molecule has 0 radical (unpaired) electrons. The predicted octanol–water partition coefficient (Wildman–Crippen LogP) is 3.38. The van der Waals surface area contributed by atoms with Crippen molar-refractivity contribution in [2.75, 3.05) is 20.2 Å². The van der Waals surface area contributed by atoms with Crippen LogP contribution < -0.4 is 4.74 Å². The zero-order valence-corrected chi connectivity index (χ0v) is 15.3. The van der Waals surface area contributed by atoms with Gasteiger partial charge in [-0.25, -0.2) is 0 Å². The van der Waals surface area contributed by atoms with Gasteiger partial charge < -0.3 is 9.84 Å². The van der Waals surface area contributed by atoms with Gasteiger partial charge in [0.2, 0.25) is 0 Å². The van der Waals surface area contributed by atoms with Gasteiger partial charge in [0.05, 0.1) is 18.8 Å². The maximum atomic E-state index is 12.1. The van der Waals surface area contributed by atoms with Crippen molar-refractivity contribution < 1.29 is 9.84 Å². The number of fused-ring (bicyclic) bond motifs is 2. The van der Waals surface area contributed by atoms with Gasteiger partial charge in [-0.05, 0) is 61.3 Å². The summed E-state index contributed by atoms with van der Waals surface area (Å²) >= 11 is 0. The first-order chi connectivity index (χ1) is 12.1. The Balaban J connectivity index is 1.48. The third-order valence-corrected chi connectivity index (χ3v) is 8.68. The molecule has 6 rings (SSSR count). The highest BCUT2D eigenvalue weighted by atomic mass is 16.5. The summed E-state index contributed by atoms with van der Waals surface area (Å²) in [5, 5.41) is 12.1. The number of aliphatic hydroxyl groups is 1.